The van der Waals surface area contributed by atoms with Gasteiger partial charge in [0, 0.05) is 36.3 Å². The number of nitrogens with one attached hydrogen (secondary N) is 3. The van der Waals surface area contributed by atoms with Gasteiger partial charge in [0.2, 0.25) is 0 Å². The lowest BCUT2D eigenvalue weighted by Crippen LogP contribution is -2.42. The van der Waals surface area contributed by atoms with E-state index in [2.05, 4.69) is 20.9 Å². The Bertz CT molecular complexity index is 972. The zero-order valence-corrected chi connectivity index (χ0v) is 17.6. The summed E-state index contributed by atoms with van der Waals surface area (Å²) < 4.78 is 1.15. The van der Waals surface area contributed by atoms with Gasteiger partial charge in [-0.1, -0.05) is 41.9 Å². The van der Waals surface area contributed by atoms with Gasteiger partial charge in [0.25, 0.3) is 5.91 Å². The molecule has 1 unspecified atom stereocenters. The highest BCUT2D eigenvalue weighted by Gasteiger charge is 2.12. The maximum Gasteiger partial charge on any atom is 0.252 e. The number of rotatable bonds is 7. The number of aliphatic imine (C=N–C) groups is 1. The van der Waals surface area contributed by atoms with Crippen LogP contribution in [0.25, 0.3) is 10.1 Å². The number of thiophene rings is 1. The molecular weight excluding hydrogens is 408 g/mol. The molecule has 0 aliphatic carbocycles. The molecule has 1 heterocycles. The van der Waals surface area contributed by atoms with Crippen molar-refractivity contribution >= 4 is 44.9 Å². The number of hydrogen-bond acceptors (Lipinski definition) is 4. The van der Waals surface area contributed by atoms with Crippen LogP contribution >= 0.6 is 22.9 Å². The smallest absolute Gasteiger partial charge is 0.252 e. The minimum atomic E-state index is -0.633. The Morgan fingerprint density at radius 2 is 1.83 bits per heavy atom. The SMILES string of the molecule is CN=C(NCCNC(=O)c1ccccc1Cl)NCC(O)c1cc2ccccc2s1. The van der Waals surface area contributed by atoms with E-state index in [4.69, 9.17) is 11.6 Å². The highest BCUT2D eigenvalue weighted by Crippen LogP contribution is 2.29. The molecule has 4 N–H and O–H groups in total. The summed E-state index contributed by atoms with van der Waals surface area (Å²) in [5.74, 6) is 0.331. The standard InChI is InChI=1S/C21H23ClN4O2S/c1-23-21(25-11-10-24-20(28)15-7-3-4-8-16(15)22)26-13-17(27)19-12-14-6-2-5-9-18(14)29-19/h2-9,12,17,27H,10-11,13H2,1H3,(H,24,28)(H2,23,25,26). The van der Waals surface area contributed by atoms with Crippen LogP contribution in [-0.2, 0) is 0 Å². The first-order chi connectivity index (χ1) is 14.1. The van der Waals surface area contributed by atoms with E-state index in [1.165, 1.54) is 0 Å². The normalized spacial score (nSPS) is 12.6. The van der Waals surface area contributed by atoms with Gasteiger partial charge < -0.3 is 21.1 Å². The van der Waals surface area contributed by atoms with Gasteiger partial charge in [-0.3, -0.25) is 9.79 Å². The van der Waals surface area contributed by atoms with Gasteiger partial charge >= 0.3 is 0 Å². The number of guanidine groups is 1. The molecule has 1 atom stereocenters. The summed E-state index contributed by atoms with van der Waals surface area (Å²) in [6.45, 7) is 1.22. The topological polar surface area (TPSA) is 85.8 Å². The maximum absolute atomic E-state index is 12.1. The number of aliphatic hydroxyl groups is 1. The van der Waals surface area contributed by atoms with Crippen molar-refractivity contribution in [2.24, 2.45) is 4.99 Å². The highest BCUT2D eigenvalue weighted by atomic mass is 35.5. The molecule has 0 radical (unpaired) electrons. The average Bonchev–Trinajstić information content (AvgIpc) is 3.17. The summed E-state index contributed by atoms with van der Waals surface area (Å²) in [5, 5.41) is 21.0. The molecule has 1 amide bonds. The number of benzene rings is 2. The fraction of sp³-hybridized carbons (Fsp3) is 0.238. The van der Waals surface area contributed by atoms with Crippen LogP contribution in [0, 0.1) is 0 Å². The molecule has 8 heteroatoms. The first kappa shape index (κ1) is 21.1. The Labute approximate surface area is 178 Å². The van der Waals surface area contributed by atoms with Crippen molar-refractivity contribution in [2.45, 2.75) is 6.10 Å². The summed E-state index contributed by atoms with van der Waals surface area (Å²) in [7, 11) is 1.66. The van der Waals surface area contributed by atoms with E-state index >= 15 is 0 Å². The second kappa shape index (κ2) is 10.2. The fourth-order valence-corrected chi connectivity index (χ4v) is 4.05. The second-order valence-electron chi connectivity index (χ2n) is 6.32. The van der Waals surface area contributed by atoms with Crippen molar-refractivity contribution < 1.29 is 9.90 Å². The molecule has 0 aliphatic rings. The Kier molecular flexibility index (Phi) is 7.46. The molecule has 0 saturated heterocycles. The van der Waals surface area contributed by atoms with Crippen LogP contribution in [0.1, 0.15) is 21.3 Å². The van der Waals surface area contributed by atoms with Gasteiger partial charge in [0.1, 0.15) is 6.10 Å². The lowest BCUT2D eigenvalue weighted by Gasteiger charge is -2.15. The first-order valence-corrected chi connectivity index (χ1v) is 10.4. The van der Waals surface area contributed by atoms with Gasteiger partial charge in [0.05, 0.1) is 10.6 Å². The van der Waals surface area contributed by atoms with Crippen molar-refractivity contribution in [3.63, 3.8) is 0 Å². The lowest BCUT2D eigenvalue weighted by atomic mass is 10.2. The molecule has 0 saturated carbocycles. The minimum Gasteiger partial charge on any atom is -0.386 e. The van der Waals surface area contributed by atoms with Crippen LogP contribution < -0.4 is 16.0 Å². The molecule has 0 spiro atoms. The number of carbonyl (C=O) groups excluding carboxylic acids is 1. The van der Waals surface area contributed by atoms with E-state index in [0.29, 0.717) is 36.2 Å². The Morgan fingerprint density at radius 1 is 1.10 bits per heavy atom. The molecule has 6 nitrogen and oxygen atoms in total. The third kappa shape index (κ3) is 5.69. The van der Waals surface area contributed by atoms with E-state index in [1.807, 2.05) is 30.3 Å². The Hall–Kier alpha value is -2.61. The summed E-state index contributed by atoms with van der Waals surface area (Å²) in [6, 6.07) is 17.0. The highest BCUT2D eigenvalue weighted by molar-refractivity contribution is 7.19. The predicted octanol–water partition coefficient (Wildman–Crippen LogP) is 3.18. The van der Waals surface area contributed by atoms with Crippen molar-refractivity contribution in [3.8, 4) is 0 Å². The van der Waals surface area contributed by atoms with Crippen LogP contribution in [0.5, 0.6) is 0 Å². The summed E-state index contributed by atoms with van der Waals surface area (Å²) in [5.41, 5.74) is 0.447. The fourth-order valence-electron chi connectivity index (χ4n) is 2.78. The van der Waals surface area contributed by atoms with Crippen molar-refractivity contribution in [2.75, 3.05) is 26.7 Å². The van der Waals surface area contributed by atoms with Crippen LogP contribution in [0.4, 0.5) is 0 Å². The zero-order chi connectivity index (χ0) is 20.6. The zero-order valence-electron chi connectivity index (χ0n) is 16.0. The molecule has 0 bridgehead atoms. The number of hydrogen-bond donors (Lipinski definition) is 4. The van der Waals surface area contributed by atoms with Crippen molar-refractivity contribution in [1.82, 2.24) is 16.0 Å². The molecule has 1 aromatic heterocycles. The summed E-state index contributed by atoms with van der Waals surface area (Å²) >= 11 is 7.60. The van der Waals surface area contributed by atoms with E-state index < -0.39 is 6.10 Å². The number of fused-ring (bicyclic) bond motifs is 1. The van der Waals surface area contributed by atoms with Gasteiger partial charge in [-0.05, 0) is 29.7 Å². The maximum atomic E-state index is 12.1. The first-order valence-electron chi connectivity index (χ1n) is 9.22. The molecular formula is C21H23ClN4O2S. The predicted molar refractivity (Wildman–Crippen MR) is 120 cm³/mol. The van der Waals surface area contributed by atoms with Crippen LogP contribution in [0.2, 0.25) is 5.02 Å². The second-order valence-corrected chi connectivity index (χ2v) is 7.84. The van der Waals surface area contributed by atoms with Crippen molar-refractivity contribution in [3.05, 3.63) is 70.1 Å². The van der Waals surface area contributed by atoms with Crippen molar-refractivity contribution in [1.29, 1.82) is 0 Å². The summed E-state index contributed by atoms with van der Waals surface area (Å²) in [4.78, 5) is 17.2. The van der Waals surface area contributed by atoms with E-state index in [0.717, 1.165) is 15.0 Å². The van der Waals surface area contributed by atoms with Gasteiger partial charge in [-0.15, -0.1) is 11.3 Å². The Balaban J connectivity index is 1.42. The number of carbonyl (C=O) groups is 1. The van der Waals surface area contributed by atoms with Crippen LogP contribution in [-0.4, -0.2) is 43.7 Å². The third-order valence-corrected chi connectivity index (χ3v) is 5.83. The van der Waals surface area contributed by atoms with E-state index in [9.17, 15) is 9.90 Å². The molecule has 0 aliphatic heterocycles. The number of amides is 1. The molecule has 3 rings (SSSR count). The number of aliphatic hydroxyl groups excluding tert-OH is 1. The molecule has 3 aromatic rings. The largest absolute Gasteiger partial charge is 0.386 e. The number of halogens is 1. The van der Waals surface area contributed by atoms with E-state index in [1.54, 1.807) is 42.6 Å². The average molecular weight is 431 g/mol. The van der Waals surface area contributed by atoms with Gasteiger partial charge in [-0.2, -0.15) is 0 Å². The molecule has 0 fully saturated rings. The third-order valence-electron chi connectivity index (χ3n) is 4.28. The lowest BCUT2D eigenvalue weighted by molar-refractivity contribution is 0.0954. The quantitative estimate of drug-likeness (QED) is 0.263. The molecule has 2 aromatic carbocycles. The molecule has 152 valence electrons. The van der Waals surface area contributed by atoms with Crippen LogP contribution in [0.3, 0.4) is 0 Å². The monoisotopic (exact) mass is 430 g/mol. The van der Waals surface area contributed by atoms with Crippen LogP contribution in [0.15, 0.2) is 59.6 Å². The molecule has 29 heavy (non-hydrogen) atoms. The van der Waals surface area contributed by atoms with Gasteiger partial charge in [-0.25, -0.2) is 0 Å². The van der Waals surface area contributed by atoms with E-state index in [-0.39, 0.29) is 5.91 Å². The van der Waals surface area contributed by atoms with Gasteiger partial charge in [0.15, 0.2) is 5.96 Å². The minimum absolute atomic E-state index is 0.222. The Morgan fingerprint density at radius 3 is 2.59 bits per heavy atom. The number of nitrogens with zero attached hydrogens (tertiary/aromatic N) is 1. The summed E-state index contributed by atoms with van der Waals surface area (Å²) in [6.07, 6.45) is -0.633.